The van der Waals surface area contributed by atoms with Crippen LogP contribution in [0.5, 0.6) is 0 Å². The summed E-state index contributed by atoms with van der Waals surface area (Å²) in [6.07, 6.45) is -4.03. The van der Waals surface area contributed by atoms with Crippen molar-refractivity contribution in [2.75, 3.05) is 12.4 Å². The Kier molecular flexibility index (Phi) is 4.25. The van der Waals surface area contributed by atoms with Crippen molar-refractivity contribution in [1.82, 2.24) is 10.3 Å². The number of carbonyl (C=O) groups excluding carboxylic acids is 2. The molecule has 0 saturated carbocycles. The maximum Gasteiger partial charge on any atom is 0.421 e. The number of amides is 1. The summed E-state index contributed by atoms with van der Waals surface area (Å²) in [7, 11) is 0.917. The molecule has 1 saturated heterocycles. The molecule has 124 valence electrons. The number of ether oxygens (including phenoxy) is 1. The number of carbonyl (C=O) groups is 2. The standard InChI is InChI=1S/C13H11ClF3N3O3/c1-6-9(10(21)23-2)12(11(22)19-6,13(15,16)17)20-8-4-3-7(14)5-18-8/h3-5,9H,1H2,2H3,(H,18,20)(H,19,22)/t9-,12-/m1/s1. The van der Waals surface area contributed by atoms with Crippen molar-refractivity contribution in [3.05, 3.63) is 35.6 Å². The highest BCUT2D eigenvalue weighted by Gasteiger charge is 2.71. The molecule has 0 spiro atoms. The van der Waals surface area contributed by atoms with Gasteiger partial charge in [0.05, 0.1) is 12.1 Å². The smallest absolute Gasteiger partial charge is 0.421 e. The lowest BCUT2D eigenvalue weighted by Gasteiger charge is -2.34. The van der Waals surface area contributed by atoms with E-state index in [-0.39, 0.29) is 10.8 Å². The Morgan fingerprint density at radius 1 is 1.52 bits per heavy atom. The highest BCUT2D eigenvalue weighted by molar-refractivity contribution is 6.30. The monoisotopic (exact) mass is 349 g/mol. The minimum Gasteiger partial charge on any atom is -0.468 e. The van der Waals surface area contributed by atoms with Crippen molar-refractivity contribution >= 4 is 29.3 Å². The van der Waals surface area contributed by atoms with Crippen molar-refractivity contribution in [2.45, 2.75) is 11.7 Å². The fraction of sp³-hybridized carbons (Fsp3) is 0.308. The molecule has 1 aliphatic rings. The minimum absolute atomic E-state index is 0.196. The van der Waals surface area contributed by atoms with Gasteiger partial charge in [-0.1, -0.05) is 18.2 Å². The van der Waals surface area contributed by atoms with Crippen LogP contribution in [0, 0.1) is 5.92 Å². The third-order valence-corrected chi connectivity index (χ3v) is 3.57. The van der Waals surface area contributed by atoms with Crippen LogP contribution in [0.3, 0.4) is 0 Å². The summed E-state index contributed by atoms with van der Waals surface area (Å²) in [5, 5.41) is 4.13. The topological polar surface area (TPSA) is 80.3 Å². The number of alkyl halides is 3. The zero-order valence-electron chi connectivity index (χ0n) is 11.7. The second kappa shape index (κ2) is 5.73. The molecular weight excluding hydrogens is 339 g/mol. The molecule has 2 N–H and O–H groups in total. The Labute approximate surface area is 133 Å². The molecule has 1 aromatic heterocycles. The van der Waals surface area contributed by atoms with Crippen molar-refractivity contribution in [1.29, 1.82) is 0 Å². The van der Waals surface area contributed by atoms with Gasteiger partial charge in [-0.2, -0.15) is 13.2 Å². The molecule has 2 rings (SSSR count). The Morgan fingerprint density at radius 3 is 2.65 bits per heavy atom. The number of aromatic nitrogens is 1. The summed E-state index contributed by atoms with van der Waals surface area (Å²) in [6, 6.07) is 2.44. The molecule has 2 atom stereocenters. The number of halogens is 4. The summed E-state index contributed by atoms with van der Waals surface area (Å²) in [5.41, 5.74) is -3.70. The molecule has 0 radical (unpaired) electrons. The van der Waals surface area contributed by atoms with Crippen LogP contribution in [-0.2, 0) is 14.3 Å². The number of nitrogens with zero attached hydrogens (tertiary/aromatic N) is 1. The Balaban J connectivity index is 2.57. The van der Waals surface area contributed by atoms with Crippen LogP contribution in [0.15, 0.2) is 30.6 Å². The van der Waals surface area contributed by atoms with Gasteiger partial charge in [-0.05, 0) is 12.1 Å². The van der Waals surface area contributed by atoms with Crippen LogP contribution in [0.4, 0.5) is 19.0 Å². The Hall–Kier alpha value is -2.29. The first-order chi connectivity index (χ1) is 10.6. The number of hydrogen-bond donors (Lipinski definition) is 2. The van der Waals surface area contributed by atoms with E-state index in [1.807, 2.05) is 10.6 Å². The van der Waals surface area contributed by atoms with Gasteiger partial charge in [-0.25, -0.2) is 4.98 Å². The number of rotatable bonds is 3. The first kappa shape index (κ1) is 17.1. The number of esters is 1. The van der Waals surface area contributed by atoms with E-state index in [2.05, 4.69) is 16.3 Å². The molecular formula is C13H11ClF3N3O3. The SMILES string of the molecule is C=C1NC(=O)[C@@](Nc2ccc(Cl)cn2)(C(F)(F)F)[C@H]1C(=O)OC. The third-order valence-electron chi connectivity index (χ3n) is 3.35. The molecule has 1 amide bonds. The van der Waals surface area contributed by atoms with Gasteiger partial charge < -0.3 is 15.4 Å². The van der Waals surface area contributed by atoms with Gasteiger partial charge in [0, 0.05) is 11.9 Å². The third kappa shape index (κ3) is 2.72. The summed E-state index contributed by atoms with van der Waals surface area (Å²) in [5.74, 6) is -5.02. The van der Waals surface area contributed by atoms with Crippen molar-refractivity contribution in [3.8, 4) is 0 Å². The van der Waals surface area contributed by atoms with E-state index in [0.717, 1.165) is 19.4 Å². The van der Waals surface area contributed by atoms with Gasteiger partial charge in [0.25, 0.3) is 5.91 Å². The van der Waals surface area contributed by atoms with Gasteiger partial charge in [0.15, 0.2) is 0 Å². The molecule has 6 nitrogen and oxygen atoms in total. The first-order valence-corrected chi connectivity index (χ1v) is 6.56. The van der Waals surface area contributed by atoms with Gasteiger partial charge in [-0.3, -0.25) is 9.59 Å². The second-order valence-electron chi connectivity index (χ2n) is 4.73. The molecule has 0 unspecified atom stereocenters. The van der Waals surface area contributed by atoms with E-state index >= 15 is 0 Å². The molecule has 23 heavy (non-hydrogen) atoms. The van der Waals surface area contributed by atoms with Gasteiger partial charge >= 0.3 is 12.1 Å². The average molecular weight is 350 g/mol. The van der Waals surface area contributed by atoms with Crippen LogP contribution in [0.25, 0.3) is 0 Å². The summed E-state index contributed by atoms with van der Waals surface area (Å²) in [4.78, 5) is 27.5. The zero-order chi connectivity index (χ0) is 17.4. The normalized spacial score (nSPS) is 24.3. The molecule has 0 aliphatic carbocycles. The molecule has 1 aromatic rings. The Bertz CT molecular complexity index is 663. The number of anilines is 1. The van der Waals surface area contributed by atoms with Crippen molar-refractivity contribution in [2.24, 2.45) is 5.92 Å². The zero-order valence-corrected chi connectivity index (χ0v) is 12.5. The molecule has 0 aromatic carbocycles. The largest absolute Gasteiger partial charge is 0.468 e. The van der Waals surface area contributed by atoms with E-state index in [0.29, 0.717) is 0 Å². The van der Waals surface area contributed by atoms with Crippen LogP contribution in [0.1, 0.15) is 0 Å². The Morgan fingerprint density at radius 2 is 2.17 bits per heavy atom. The summed E-state index contributed by atoms with van der Waals surface area (Å²) in [6.45, 7) is 3.31. The predicted molar refractivity (Wildman–Crippen MR) is 74.4 cm³/mol. The van der Waals surface area contributed by atoms with Crippen molar-refractivity contribution < 1.29 is 27.5 Å². The van der Waals surface area contributed by atoms with Crippen LogP contribution in [-0.4, -0.2) is 35.7 Å². The van der Waals surface area contributed by atoms with E-state index in [4.69, 9.17) is 11.6 Å². The van der Waals surface area contributed by atoms with E-state index in [1.54, 1.807) is 0 Å². The molecule has 1 aliphatic heterocycles. The second-order valence-corrected chi connectivity index (χ2v) is 5.16. The predicted octanol–water partition coefficient (Wildman–Crippen LogP) is 1.88. The van der Waals surface area contributed by atoms with E-state index in [9.17, 15) is 22.8 Å². The van der Waals surface area contributed by atoms with E-state index < -0.39 is 35.2 Å². The van der Waals surface area contributed by atoms with Gasteiger partial charge in [-0.15, -0.1) is 0 Å². The van der Waals surface area contributed by atoms with Crippen LogP contribution in [0.2, 0.25) is 5.02 Å². The fourth-order valence-electron chi connectivity index (χ4n) is 2.29. The molecule has 10 heteroatoms. The molecule has 1 fully saturated rings. The summed E-state index contributed by atoms with van der Waals surface area (Å²) >= 11 is 5.63. The van der Waals surface area contributed by atoms with Crippen LogP contribution >= 0.6 is 11.6 Å². The number of nitrogens with one attached hydrogen (secondary N) is 2. The number of methoxy groups -OCH3 is 1. The van der Waals surface area contributed by atoms with Crippen LogP contribution < -0.4 is 10.6 Å². The number of hydrogen-bond acceptors (Lipinski definition) is 5. The lowest BCUT2D eigenvalue weighted by atomic mass is 9.84. The average Bonchev–Trinajstić information content (AvgIpc) is 2.72. The quantitative estimate of drug-likeness (QED) is 0.814. The maximum atomic E-state index is 13.7. The number of pyridine rings is 1. The fourth-order valence-corrected chi connectivity index (χ4v) is 2.40. The van der Waals surface area contributed by atoms with E-state index in [1.165, 1.54) is 6.07 Å². The lowest BCUT2D eigenvalue weighted by Crippen LogP contribution is -2.62. The van der Waals surface area contributed by atoms with Gasteiger partial charge in [0.2, 0.25) is 5.54 Å². The molecule has 2 heterocycles. The highest BCUT2D eigenvalue weighted by atomic mass is 35.5. The van der Waals surface area contributed by atoms with Crippen molar-refractivity contribution in [3.63, 3.8) is 0 Å². The summed E-state index contributed by atoms with van der Waals surface area (Å²) < 4.78 is 45.6. The highest BCUT2D eigenvalue weighted by Crippen LogP contribution is 2.45. The maximum absolute atomic E-state index is 13.7. The first-order valence-electron chi connectivity index (χ1n) is 6.18. The molecule has 0 bridgehead atoms. The van der Waals surface area contributed by atoms with Gasteiger partial charge in [0.1, 0.15) is 11.7 Å². The minimum atomic E-state index is -5.13. The lowest BCUT2D eigenvalue weighted by molar-refractivity contribution is -0.195.